The van der Waals surface area contributed by atoms with Crippen LogP contribution < -0.4 is 9.64 Å². The van der Waals surface area contributed by atoms with E-state index in [1.54, 1.807) is 19.1 Å². The van der Waals surface area contributed by atoms with E-state index in [0.29, 0.717) is 11.7 Å². The maximum Gasteiger partial charge on any atom is 0.328 e. The van der Waals surface area contributed by atoms with Gasteiger partial charge in [-0.25, -0.2) is 9.79 Å². The number of benzene rings is 2. The number of imide groups is 1. The lowest BCUT2D eigenvalue weighted by molar-refractivity contribution is -0.148. The molecule has 10 nitrogen and oxygen atoms in total. The zero-order valence-electron chi connectivity index (χ0n) is 18.9. The summed E-state index contributed by atoms with van der Waals surface area (Å²) in [5.41, 5.74) is 2.54. The fourth-order valence-corrected chi connectivity index (χ4v) is 4.39. The van der Waals surface area contributed by atoms with E-state index in [4.69, 9.17) is 9.73 Å². The number of carbonyl (C=O) groups excluding carboxylic acids is 3. The number of hydrogen-bond acceptors (Lipinski definition) is 8. The van der Waals surface area contributed by atoms with Crippen LogP contribution in [0.3, 0.4) is 0 Å². The number of carbonyl (C=O) groups is 3. The van der Waals surface area contributed by atoms with Gasteiger partial charge in [0.25, 0.3) is 5.91 Å². The molecule has 34 heavy (non-hydrogen) atoms. The van der Waals surface area contributed by atoms with Crippen molar-refractivity contribution in [2.45, 2.75) is 12.2 Å². The molecule has 1 fully saturated rings. The zero-order valence-corrected chi connectivity index (χ0v) is 18.9. The van der Waals surface area contributed by atoms with Crippen molar-refractivity contribution in [1.29, 1.82) is 0 Å². The van der Waals surface area contributed by atoms with Crippen LogP contribution in [0.1, 0.15) is 5.56 Å². The van der Waals surface area contributed by atoms with E-state index in [9.17, 15) is 14.4 Å². The molecule has 0 spiro atoms. The molecule has 2 aromatic carbocycles. The largest absolute Gasteiger partial charge is 0.497 e. The molecule has 0 N–H and O–H groups in total. The maximum absolute atomic E-state index is 13.4. The van der Waals surface area contributed by atoms with Crippen LogP contribution in [-0.2, 0) is 14.3 Å². The van der Waals surface area contributed by atoms with Crippen molar-refractivity contribution >= 4 is 35.3 Å². The number of fused-ring (bicyclic) bond motifs is 3. The number of hydrogen-bond donors (Lipinski definition) is 0. The predicted octanol–water partition coefficient (Wildman–Crippen LogP) is 1.95. The van der Waals surface area contributed by atoms with Crippen molar-refractivity contribution in [3.63, 3.8) is 0 Å². The lowest BCUT2D eigenvalue weighted by Crippen LogP contribution is -2.65. The molecule has 10 heteroatoms. The molecule has 2 atom stereocenters. The summed E-state index contributed by atoms with van der Waals surface area (Å²) in [5, 5.41) is 0. The van der Waals surface area contributed by atoms with Crippen molar-refractivity contribution < 1.29 is 23.9 Å². The minimum atomic E-state index is -0.809. The quantitative estimate of drug-likeness (QED) is 0.628. The average molecular weight is 461 g/mol. The predicted molar refractivity (Wildman–Crippen MR) is 124 cm³/mol. The van der Waals surface area contributed by atoms with Gasteiger partial charge in [-0.3, -0.25) is 24.3 Å². The molecular formula is C24H23N5O5. The molecule has 0 radical (unpaired) electrons. The Kier molecular flexibility index (Phi) is 5.20. The lowest BCUT2D eigenvalue weighted by Gasteiger charge is -2.39. The Bertz CT molecular complexity index is 1230. The van der Waals surface area contributed by atoms with Gasteiger partial charge in [0.1, 0.15) is 12.3 Å². The first-order valence-electron chi connectivity index (χ1n) is 10.7. The van der Waals surface area contributed by atoms with Crippen LogP contribution in [0.2, 0.25) is 0 Å². The molecule has 0 saturated carbocycles. The van der Waals surface area contributed by atoms with E-state index in [-0.39, 0.29) is 0 Å². The van der Waals surface area contributed by atoms with Gasteiger partial charge < -0.3 is 14.4 Å². The number of anilines is 1. The van der Waals surface area contributed by atoms with E-state index < -0.39 is 36.7 Å². The minimum absolute atomic E-state index is 0.459. The second-order valence-corrected chi connectivity index (χ2v) is 8.01. The van der Waals surface area contributed by atoms with E-state index in [1.807, 2.05) is 65.7 Å². The average Bonchev–Trinajstić information content (AvgIpc) is 3.42. The van der Waals surface area contributed by atoms with E-state index in [1.165, 1.54) is 12.0 Å². The lowest BCUT2D eigenvalue weighted by atomic mass is 10.1. The fourth-order valence-electron chi connectivity index (χ4n) is 4.39. The smallest absolute Gasteiger partial charge is 0.328 e. The molecule has 3 aliphatic heterocycles. The van der Waals surface area contributed by atoms with Gasteiger partial charge in [0, 0.05) is 24.9 Å². The molecule has 5 rings (SSSR count). The third-order valence-electron chi connectivity index (χ3n) is 6.11. The Morgan fingerprint density at radius 2 is 1.82 bits per heavy atom. The molecular weight excluding hydrogens is 438 g/mol. The standard InChI is InChI=1S/C24H23N5O5/c1-26-21-20(22(31)28(24(26)32)14-19(30)34-3)27-13-18(15-8-5-4-6-9-15)29(23(27)25-21)16-10-7-11-17(12-16)33-2/h4-13,20-21H,14H2,1-3H3. The Morgan fingerprint density at radius 3 is 2.53 bits per heavy atom. The Labute approximate surface area is 196 Å². The summed E-state index contributed by atoms with van der Waals surface area (Å²) in [4.78, 5) is 48.9. The highest BCUT2D eigenvalue weighted by Gasteiger charge is 2.55. The van der Waals surface area contributed by atoms with Crippen molar-refractivity contribution in [1.82, 2.24) is 14.7 Å². The summed E-state index contributed by atoms with van der Waals surface area (Å²) in [7, 11) is 4.38. The van der Waals surface area contributed by atoms with Crippen molar-refractivity contribution in [2.24, 2.45) is 4.99 Å². The first-order valence-corrected chi connectivity index (χ1v) is 10.7. The number of rotatable bonds is 5. The van der Waals surface area contributed by atoms with Crippen LogP contribution in [0.25, 0.3) is 5.70 Å². The van der Waals surface area contributed by atoms with Crippen LogP contribution in [0.4, 0.5) is 10.5 Å². The van der Waals surface area contributed by atoms with Crippen LogP contribution in [-0.4, -0.2) is 78.6 Å². The number of aliphatic imine (C=N–C) groups is 1. The van der Waals surface area contributed by atoms with Crippen LogP contribution in [0, 0.1) is 0 Å². The summed E-state index contributed by atoms with van der Waals surface area (Å²) < 4.78 is 10.1. The monoisotopic (exact) mass is 461 g/mol. The highest BCUT2D eigenvalue weighted by atomic mass is 16.5. The van der Waals surface area contributed by atoms with Gasteiger partial charge in [-0.15, -0.1) is 0 Å². The number of methoxy groups -OCH3 is 2. The number of amides is 3. The van der Waals surface area contributed by atoms with Gasteiger partial charge in [-0.2, -0.15) is 0 Å². The zero-order chi connectivity index (χ0) is 24.0. The molecule has 1 saturated heterocycles. The molecule has 3 aliphatic rings. The summed E-state index contributed by atoms with van der Waals surface area (Å²) in [6.07, 6.45) is 1.13. The molecule has 2 unspecified atom stereocenters. The van der Waals surface area contributed by atoms with Gasteiger partial charge >= 0.3 is 12.0 Å². The summed E-state index contributed by atoms with van der Waals surface area (Å²) in [5.74, 6) is 0.00284. The molecule has 0 bridgehead atoms. The molecule has 174 valence electrons. The molecule has 3 heterocycles. The molecule has 2 aromatic rings. The number of nitrogens with zero attached hydrogens (tertiary/aromatic N) is 5. The van der Waals surface area contributed by atoms with E-state index >= 15 is 0 Å². The van der Waals surface area contributed by atoms with Gasteiger partial charge in [0.2, 0.25) is 5.96 Å². The summed E-state index contributed by atoms with van der Waals surface area (Å²) in [6, 6.07) is 15.9. The second kappa shape index (κ2) is 8.22. The Hall–Kier alpha value is -4.34. The maximum atomic E-state index is 13.4. The Balaban J connectivity index is 1.60. The number of urea groups is 1. The minimum Gasteiger partial charge on any atom is -0.497 e. The highest BCUT2D eigenvalue weighted by molar-refractivity contribution is 6.16. The topological polar surface area (TPSA) is 95.0 Å². The van der Waals surface area contributed by atoms with Gasteiger partial charge in [-0.1, -0.05) is 36.4 Å². The van der Waals surface area contributed by atoms with Crippen molar-refractivity contribution in [2.75, 3.05) is 32.7 Å². The second-order valence-electron chi connectivity index (χ2n) is 8.01. The third kappa shape index (κ3) is 3.26. The van der Waals surface area contributed by atoms with Gasteiger partial charge in [0.15, 0.2) is 12.2 Å². The summed E-state index contributed by atoms with van der Waals surface area (Å²) >= 11 is 0. The normalized spacial score (nSPS) is 21.3. The molecule has 0 aromatic heterocycles. The number of ether oxygens (including phenoxy) is 2. The highest BCUT2D eigenvalue weighted by Crippen LogP contribution is 2.40. The summed E-state index contributed by atoms with van der Waals surface area (Å²) in [6.45, 7) is -0.459. The first-order chi connectivity index (χ1) is 16.4. The molecule has 3 amide bonds. The van der Waals surface area contributed by atoms with Crippen molar-refractivity contribution in [3.05, 3.63) is 66.4 Å². The number of esters is 1. The number of guanidine groups is 1. The van der Waals surface area contributed by atoms with Gasteiger partial charge in [0.05, 0.1) is 25.6 Å². The third-order valence-corrected chi connectivity index (χ3v) is 6.11. The van der Waals surface area contributed by atoms with E-state index in [0.717, 1.165) is 21.8 Å². The van der Waals surface area contributed by atoms with Crippen LogP contribution in [0.5, 0.6) is 5.75 Å². The van der Waals surface area contributed by atoms with Crippen LogP contribution in [0.15, 0.2) is 65.8 Å². The SMILES string of the molecule is COC(=O)CN1C(=O)C2C(N=C3N(c4cccc(OC)c4)C(c4ccccc4)=CN32)N(C)C1=O. The van der Waals surface area contributed by atoms with Crippen molar-refractivity contribution in [3.8, 4) is 5.75 Å². The van der Waals surface area contributed by atoms with Crippen LogP contribution >= 0.6 is 0 Å². The Morgan fingerprint density at radius 1 is 1.06 bits per heavy atom. The van der Waals surface area contributed by atoms with Gasteiger partial charge in [-0.05, 0) is 12.1 Å². The number of likely N-dealkylation sites (N-methyl/N-ethyl adjacent to an activating group) is 1. The first kappa shape index (κ1) is 21.5. The van der Waals surface area contributed by atoms with E-state index in [2.05, 4.69) is 4.74 Å². The fraction of sp³-hybridized carbons (Fsp3) is 0.250. The molecule has 0 aliphatic carbocycles.